The Hall–Kier alpha value is -2.85. The third kappa shape index (κ3) is 2.96. The molecule has 3 aromatic rings. The molecule has 10 heteroatoms. The summed E-state index contributed by atoms with van der Waals surface area (Å²) in [5, 5.41) is 25.8. The van der Waals surface area contributed by atoms with E-state index in [0.717, 1.165) is 11.3 Å². The van der Waals surface area contributed by atoms with Gasteiger partial charge in [0.05, 0.1) is 18.4 Å². The summed E-state index contributed by atoms with van der Waals surface area (Å²) < 4.78 is 46.0. The van der Waals surface area contributed by atoms with E-state index in [4.69, 9.17) is 4.42 Å². The summed E-state index contributed by atoms with van der Waals surface area (Å²) in [5.41, 5.74) is -2.38. The summed E-state index contributed by atoms with van der Waals surface area (Å²) in [6.45, 7) is 0. The number of anilines is 1. The second-order valence-corrected chi connectivity index (χ2v) is 6.73. The lowest BCUT2D eigenvalue weighted by atomic mass is 10.1. The Morgan fingerprint density at radius 3 is 2.70 bits per heavy atom. The first kappa shape index (κ1) is 17.6. The number of halogens is 3. The first-order chi connectivity index (χ1) is 12.8. The molecule has 0 amide bonds. The van der Waals surface area contributed by atoms with Gasteiger partial charge in [-0.15, -0.1) is 11.3 Å². The Morgan fingerprint density at radius 2 is 2.04 bits per heavy atom. The Bertz CT molecular complexity index is 1000. The SMILES string of the molecule is Oc1cccc(-c2csc(N3N=C(c4ccco4)CC3(O)C(F)(F)F)n2)c1. The average molecular weight is 395 g/mol. The molecular weight excluding hydrogens is 383 g/mol. The highest BCUT2D eigenvalue weighted by Crippen LogP contribution is 2.45. The molecule has 0 bridgehead atoms. The van der Waals surface area contributed by atoms with E-state index in [1.807, 2.05) is 0 Å². The van der Waals surface area contributed by atoms with Crippen LogP contribution in [0.15, 0.2) is 57.6 Å². The van der Waals surface area contributed by atoms with E-state index >= 15 is 0 Å². The number of alkyl halides is 3. The van der Waals surface area contributed by atoms with Gasteiger partial charge in [0, 0.05) is 10.9 Å². The lowest BCUT2D eigenvalue weighted by molar-refractivity contribution is -0.254. The van der Waals surface area contributed by atoms with Crippen LogP contribution in [-0.4, -0.2) is 32.8 Å². The fourth-order valence-corrected chi connectivity index (χ4v) is 3.56. The second kappa shape index (κ2) is 6.10. The van der Waals surface area contributed by atoms with Gasteiger partial charge < -0.3 is 14.6 Å². The average Bonchev–Trinajstić information content (AvgIpc) is 3.33. The van der Waals surface area contributed by atoms with Crippen molar-refractivity contribution in [3.05, 3.63) is 53.8 Å². The number of hydrogen-bond acceptors (Lipinski definition) is 7. The highest BCUT2D eigenvalue weighted by Gasteiger charge is 2.63. The molecule has 140 valence electrons. The van der Waals surface area contributed by atoms with Crippen LogP contribution in [0.4, 0.5) is 18.3 Å². The molecule has 2 N–H and O–H groups in total. The van der Waals surface area contributed by atoms with Crippen LogP contribution in [0.1, 0.15) is 12.2 Å². The number of aromatic nitrogens is 1. The van der Waals surface area contributed by atoms with Crippen molar-refractivity contribution in [3.8, 4) is 17.0 Å². The van der Waals surface area contributed by atoms with Crippen LogP contribution in [0.25, 0.3) is 11.3 Å². The van der Waals surface area contributed by atoms with E-state index < -0.39 is 18.3 Å². The zero-order valence-electron chi connectivity index (χ0n) is 13.5. The topological polar surface area (TPSA) is 82.1 Å². The second-order valence-electron chi connectivity index (χ2n) is 5.89. The third-order valence-electron chi connectivity index (χ3n) is 4.06. The standard InChI is InChI=1S/C17H12F3N3O3S/c18-17(19,20)16(25)8-12(14-5-2-6-26-14)22-23(16)15-21-13(9-27-15)10-3-1-4-11(24)7-10/h1-7,9,24-25H,8H2. The normalized spacial score (nSPS) is 20.1. The first-order valence-corrected chi connectivity index (χ1v) is 8.61. The fraction of sp³-hybridized carbons (Fsp3) is 0.176. The van der Waals surface area contributed by atoms with Gasteiger partial charge in [0.2, 0.25) is 5.13 Å². The molecule has 4 rings (SSSR count). The maximum Gasteiger partial charge on any atom is 0.438 e. The summed E-state index contributed by atoms with van der Waals surface area (Å²) in [6.07, 6.45) is -4.44. The van der Waals surface area contributed by atoms with Crippen LogP contribution < -0.4 is 5.01 Å². The van der Waals surface area contributed by atoms with Gasteiger partial charge >= 0.3 is 6.18 Å². The number of rotatable bonds is 3. The number of aromatic hydroxyl groups is 1. The van der Waals surface area contributed by atoms with Crippen molar-refractivity contribution < 1.29 is 27.8 Å². The molecule has 0 spiro atoms. The Labute approximate surface area is 154 Å². The van der Waals surface area contributed by atoms with E-state index in [1.54, 1.807) is 12.1 Å². The summed E-state index contributed by atoms with van der Waals surface area (Å²) in [5.74, 6) is 0.151. The largest absolute Gasteiger partial charge is 0.508 e. The molecule has 0 fully saturated rings. The van der Waals surface area contributed by atoms with Crippen LogP contribution in [0, 0.1) is 0 Å². The predicted octanol–water partition coefficient (Wildman–Crippen LogP) is 3.97. The molecule has 1 unspecified atom stereocenters. The maximum absolute atomic E-state index is 13.6. The van der Waals surface area contributed by atoms with Gasteiger partial charge in [-0.05, 0) is 24.3 Å². The van der Waals surface area contributed by atoms with Crippen molar-refractivity contribution in [1.29, 1.82) is 0 Å². The number of hydrogen-bond donors (Lipinski definition) is 2. The number of nitrogens with zero attached hydrogens (tertiary/aromatic N) is 3. The summed E-state index contributed by atoms with van der Waals surface area (Å²) >= 11 is 0.901. The van der Waals surface area contributed by atoms with Crippen molar-refractivity contribution >= 4 is 22.2 Å². The first-order valence-electron chi connectivity index (χ1n) is 7.73. The molecule has 0 saturated heterocycles. The molecule has 1 atom stereocenters. The quantitative estimate of drug-likeness (QED) is 0.701. The minimum absolute atomic E-state index is 0.00754. The molecule has 1 aliphatic heterocycles. The van der Waals surface area contributed by atoms with E-state index in [2.05, 4.69) is 10.1 Å². The third-order valence-corrected chi connectivity index (χ3v) is 4.88. The van der Waals surface area contributed by atoms with Crippen molar-refractivity contribution in [2.24, 2.45) is 5.10 Å². The lowest BCUT2D eigenvalue weighted by Gasteiger charge is -2.32. The highest BCUT2D eigenvalue weighted by atomic mass is 32.1. The molecule has 6 nitrogen and oxygen atoms in total. The molecule has 1 aliphatic rings. The Balaban J connectivity index is 1.75. The van der Waals surface area contributed by atoms with Gasteiger partial charge in [0.15, 0.2) is 0 Å². The number of hydrazone groups is 1. The molecular formula is C17H12F3N3O3S. The van der Waals surface area contributed by atoms with Crippen LogP contribution in [0.2, 0.25) is 0 Å². The van der Waals surface area contributed by atoms with E-state index in [1.165, 1.54) is 35.9 Å². The van der Waals surface area contributed by atoms with E-state index in [9.17, 15) is 23.4 Å². The van der Waals surface area contributed by atoms with Crippen LogP contribution in [0.5, 0.6) is 5.75 Å². The van der Waals surface area contributed by atoms with Crippen LogP contribution in [-0.2, 0) is 0 Å². The maximum atomic E-state index is 13.6. The lowest BCUT2D eigenvalue weighted by Crippen LogP contribution is -2.55. The summed E-state index contributed by atoms with van der Waals surface area (Å²) in [6, 6.07) is 9.17. The van der Waals surface area contributed by atoms with Crippen LogP contribution >= 0.6 is 11.3 Å². The molecule has 3 heterocycles. The molecule has 0 saturated carbocycles. The number of thiazole rings is 1. The Kier molecular flexibility index (Phi) is 3.97. The number of aliphatic hydroxyl groups is 1. The van der Waals surface area contributed by atoms with Gasteiger partial charge in [0.1, 0.15) is 17.2 Å². The van der Waals surface area contributed by atoms with Gasteiger partial charge in [0.25, 0.3) is 5.72 Å². The number of phenols is 1. The van der Waals surface area contributed by atoms with Gasteiger partial charge in [-0.1, -0.05) is 12.1 Å². The molecule has 1 aromatic carbocycles. The van der Waals surface area contributed by atoms with Gasteiger partial charge in [-0.3, -0.25) is 0 Å². The number of benzene rings is 1. The van der Waals surface area contributed by atoms with Crippen LogP contribution in [0.3, 0.4) is 0 Å². The van der Waals surface area contributed by atoms with Crippen molar-refractivity contribution in [3.63, 3.8) is 0 Å². The van der Waals surface area contributed by atoms with Gasteiger partial charge in [-0.2, -0.15) is 23.3 Å². The number of furan rings is 1. The van der Waals surface area contributed by atoms with Gasteiger partial charge in [-0.25, -0.2) is 4.98 Å². The molecule has 2 aromatic heterocycles. The van der Waals surface area contributed by atoms with Crippen molar-refractivity contribution in [2.45, 2.75) is 18.3 Å². The molecule has 0 radical (unpaired) electrons. The van der Waals surface area contributed by atoms with Crippen molar-refractivity contribution in [2.75, 3.05) is 5.01 Å². The summed E-state index contributed by atoms with van der Waals surface area (Å²) in [4.78, 5) is 4.16. The molecule has 27 heavy (non-hydrogen) atoms. The minimum Gasteiger partial charge on any atom is -0.508 e. The fourth-order valence-electron chi connectivity index (χ4n) is 2.71. The minimum atomic E-state index is -4.97. The summed E-state index contributed by atoms with van der Waals surface area (Å²) in [7, 11) is 0. The zero-order chi connectivity index (χ0) is 19.2. The highest BCUT2D eigenvalue weighted by molar-refractivity contribution is 7.14. The number of phenolic OH excluding ortho intramolecular Hbond substituents is 1. The monoisotopic (exact) mass is 395 g/mol. The Morgan fingerprint density at radius 1 is 1.22 bits per heavy atom. The van der Waals surface area contributed by atoms with E-state index in [0.29, 0.717) is 16.3 Å². The van der Waals surface area contributed by atoms with E-state index in [-0.39, 0.29) is 22.4 Å². The smallest absolute Gasteiger partial charge is 0.438 e. The molecule has 0 aliphatic carbocycles. The predicted molar refractivity (Wildman–Crippen MR) is 92.6 cm³/mol. The zero-order valence-corrected chi connectivity index (χ0v) is 14.3. The van der Waals surface area contributed by atoms with Crippen molar-refractivity contribution in [1.82, 2.24) is 4.98 Å².